The zero-order valence-electron chi connectivity index (χ0n) is 10.7. The fourth-order valence-electron chi connectivity index (χ4n) is 2.37. The Morgan fingerprint density at radius 2 is 2.24 bits per heavy atom. The highest BCUT2D eigenvalue weighted by molar-refractivity contribution is 7.88. The first-order valence-electron chi connectivity index (χ1n) is 6.00. The van der Waals surface area contributed by atoms with Crippen LogP contribution in [0.3, 0.4) is 0 Å². The first-order valence-corrected chi connectivity index (χ1v) is 7.85. The van der Waals surface area contributed by atoms with Gasteiger partial charge in [-0.25, -0.2) is 12.7 Å². The minimum Gasteiger partial charge on any atom is -0.395 e. The van der Waals surface area contributed by atoms with Crippen molar-refractivity contribution < 1.29 is 13.5 Å². The van der Waals surface area contributed by atoms with E-state index in [1.54, 1.807) is 10.4 Å². The summed E-state index contributed by atoms with van der Waals surface area (Å²) in [5.74, 6) is 0.314. The van der Waals surface area contributed by atoms with Crippen LogP contribution in [0.15, 0.2) is 12.7 Å². The van der Waals surface area contributed by atoms with Crippen LogP contribution in [-0.2, 0) is 10.0 Å². The van der Waals surface area contributed by atoms with Crippen molar-refractivity contribution in [3.05, 3.63) is 12.7 Å². The first-order chi connectivity index (χ1) is 7.80. The average Bonchev–Trinajstić information content (AvgIpc) is 2.28. The van der Waals surface area contributed by atoms with Gasteiger partial charge in [0.25, 0.3) is 0 Å². The molecule has 0 radical (unpaired) electrons. The molecule has 0 aliphatic carbocycles. The van der Waals surface area contributed by atoms with Gasteiger partial charge < -0.3 is 5.11 Å². The largest absolute Gasteiger partial charge is 0.395 e. The highest BCUT2D eigenvalue weighted by Crippen LogP contribution is 2.32. The molecule has 1 heterocycles. The molecule has 0 aromatic rings. The number of sulfonamides is 1. The molecule has 2 atom stereocenters. The molecule has 0 spiro atoms. The summed E-state index contributed by atoms with van der Waals surface area (Å²) in [5.41, 5.74) is -0.300. The van der Waals surface area contributed by atoms with Crippen molar-refractivity contribution in [1.82, 2.24) is 4.31 Å². The van der Waals surface area contributed by atoms with E-state index in [2.05, 4.69) is 6.58 Å². The van der Waals surface area contributed by atoms with E-state index < -0.39 is 10.0 Å². The van der Waals surface area contributed by atoms with E-state index >= 15 is 0 Å². The Labute approximate surface area is 104 Å². The van der Waals surface area contributed by atoms with Crippen molar-refractivity contribution in [2.75, 3.05) is 26.0 Å². The number of aliphatic hydroxyl groups is 1. The molecular weight excluding hydrogens is 238 g/mol. The molecule has 17 heavy (non-hydrogen) atoms. The van der Waals surface area contributed by atoms with Gasteiger partial charge in [0.2, 0.25) is 10.0 Å². The molecule has 1 aliphatic heterocycles. The van der Waals surface area contributed by atoms with E-state index in [-0.39, 0.29) is 12.0 Å². The zero-order chi connectivity index (χ0) is 13.1. The second-order valence-corrected chi connectivity index (χ2v) is 7.33. The Kier molecular flexibility index (Phi) is 4.75. The van der Waals surface area contributed by atoms with Gasteiger partial charge in [0.15, 0.2) is 0 Å². The van der Waals surface area contributed by atoms with E-state index in [0.29, 0.717) is 19.0 Å². The van der Waals surface area contributed by atoms with E-state index in [4.69, 9.17) is 0 Å². The summed E-state index contributed by atoms with van der Waals surface area (Å²) in [4.78, 5) is 0. The van der Waals surface area contributed by atoms with Gasteiger partial charge in [0, 0.05) is 18.5 Å². The van der Waals surface area contributed by atoms with Crippen LogP contribution in [0, 0.1) is 11.3 Å². The van der Waals surface area contributed by atoms with Gasteiger partial charge in [0.05, 0.1) is 12.9 Å². The topological polar surface area (TPSA) is 57.6 Å². The minimum absolute atomic E-state index is 0.0614. The van der Waals surface area contributed by atoms with Crippen LogP contribution in [-0.4, -0.2) is 43.8 Å². The van der Waals surface area contributed by atoms with Crippen molar-refractivity contribution in [2.24, 2.45) is 11.3 Å². The lowest BCUT2D eigenvalue weighted by atomic mass is 9.79. The predicted octanol–water partition coefficient (Wildman–Crippen LogP) is 1.23. The molecule has 2 unspecified atom stereocenters. The third-order valence-corrected chi connectivity index (χ3v) is 4.83. The summed E-state index contributed by atoms with van der Waals surface area (Å²) in [5, 5.41) is 9.34. The molecule has 5 heteroatoms. The number of hydrogen-bond donors (Lipinski definition) is 1. The van der Waals surface area contributed by atoms with Crippen LogP contribution >= 0.6 is 0 Å². The van der Waals surface area contributed by atoms with Gasteiger partial charge in [-0.05, 0) is 25.2 Å². The number of aliphatic hydroxyl groups excluding tert-OH is 1. The summed E-state index contributed by atoms with van der Waals surface area (Å²) in [6.07, 6.45) is 5.74. The van der Waals surface area contributed by atoms with Crippen LogP contribution in [0.5, 0.6) is 0 Å². The highest BCUT2D eigenvalue weighted by Gasteiger charge is 2.30. The fraction of sp³-hybridized carbons (Fsp3) is 0.833. The second-order valence-electron chi connectivity index (χ2n) is 5.35. The molecule has 0 amide bonds. The van der Waals surface area contributed by atoms with Gasteiger partial charge in [-0.1, -0.05) is 13.0 Å². The molecular formula is C12H23NO3S. The quantitative estimate of drug-likeness (QED) is 0.757. The Balaban J connectivity index is 2.65. The van der Waals surface area contributed by atoms with Crippen LogP contribution in [0.4, 0.5) is 0 Å². The van der Waals surface area contributed by atoms with Crippen LogP contribution in [0.2, 0.25) is 0 Å². The summed E-state index contributed by atoms with van der Waals surface area (Å²) in [6, 6.07) is 0. The summed E-state index contributed by atoms with van der Waals surface area (Å²) in [6.45, 7) is 6.96. The minimum atomic E-state index is -3.08. The smallest absolute Gasteiger partial charge is 0.211 e. The lowest BCUT2D eigenvalue weighted by molar-refractivity contribution is 0.134. The average molecular weight is 261 g/mol. The Morgan fingerprint density at radius 3 is 2.71 bits per heavy atom. The molecule has 1 N–H and O–H groups in total. The van der Waals surface area contributed by atoms with Crippen molar-refractivity contribution in [3.8, 4) is 0 Å². The lowest BCUT2D eigenvalue weighted by Gasteiger charge is -2.35. The van der Waals surface area contributed by atoms with Crippen molar-refractivity contribution >= 4 is 10.0 Å². The fourth-order valence-corrected chi connectivity index (χ4v) is 3.31. The van der Waals surface area contributed by atoms with Crippen LogP contribution in [0.1, 0.15) is 26.2 Å². The Bertz CT molecular complexity index is 366. The molecule has 0 bridgehead atoms. The molecule has 0 saturated carbocycles. The van der Waals surface area contributed by atoms with E-state index in [1.807, 2.05) is 6.92 Å². The molecule has 1 aliphatic rings. The maximum Gasteiger partial charge on any atom is 0.211 e. The lowest BCUT2D eigenvalue weighted by Crippen LogP contribution is -2.40. The summed E-state index contributed by atoms with van der Waals surface area (Å²) < 4.78 is 24.5. The van der Waals surface area contributed by atoms with Crippen LogP contribution in [0.25, 0.3) is 0 Å². The van der Waals surface area contributed by atoms with Gasteiger partial charge in [-0.3, -0.25) is 0 Å². The Morgan fingerprint density at radius 1 is 1.59 bits per heavy atom. The van der Waals surface area contributed by atoms with Crippen molar-refractivity contribution in [2.45, 2.75) is 26.2 Å². The van der Waals surface area contributed by atoms with E-state index in [9.17, 15) is 13.5 Å². The van der Waals surface area contributed by atoms with Gasteiger partial charge in [-0.15, -0.1) is 6.58 Å². The van der Waals surface area contributed by atoms with Gasteiger partial charge >= 0.3 is 0 Å². The predicted molar refractivity (Wildman–Crippen MR) is 69.1 cm³/mol. The third kappa shape index (κ3) is 4.08. The molecule has 1 fully saturated rings. The zero-order valence-corrected chi connectivity index (χ0v) is 11.5. The van der Waals surface area contributed by atoms with E-state index in [0.717, 1.165) is 19.3 Å². The van der Waals surface area contributed by atoms with Crippen molar-refractivity contribution in [1.29, 1.82) is 0 Å². The molecule has 0 aromatic heterocycles. The number of nitrogens with zero attached hydrogens (tertiary/aromatic N) is 1. The third-order valence-electron chi connectivity index (χ3n) is 3.56. The first kappa shape index (κ1) is 14.7. The molecule has 100 valence electrons. The monoisotopic (exact) mass is 261 g/mol. The number of rotatable bonds is 5. The Hall–Kier alpha value is -0.390. The maximum atomic E-state index is 11.5. The van der Waals surface area contributed by atoms with E-state index in [1.165, 1.54) is 6.26 Å². The molecule has 4 nitrogen and oxygen atoms in total. The summed E-state index contributed by atoms with van der Waals surface area (Å²) >= 11 is 0. The summed E-state index contributed by atoms with van der Waals surface area (Å²) in [7, 11) is -3.08. The SMILES string of the molecule is C=CC(C)(CO)CC1CCCN(S(C)(=O)=O)C1. The number of hydrogen-bond acceptors (Lipinski definition) is 3. The van der Waals surface area contributed by atoms with Gasteiger partial charge in [0.1, 0.15) is 0 Å². The molecule has 1 rings (SSSR count). The highest BCUT2D eigenvalue weighted by atomic mass is 32.2. The molecule has 1 saturated heterocycles. The molecule has 0 aromatic carbocycles. The number of piperidine rings is 1. The van der Waals surface area contributed by atoms with Crippen molar-refractivity contribution in [3.63, 3.8) is 0 Å². The maximum absolute atomic E-state index is 11.5. The van der Waals surface area contributed by atoms with Crippen LogP contribution < -0.4 is 0 Å². The second kappa shape index (κ2) is 5.50. The standard InChI is InChI=1S/C12H23NO3S/c1-4-12(2,10-14)8-11-6-5-7-13(9-11)17(3,15)16/h4,11,14H,1,5-10H2,2-3H3. The van der Waals surface area contributed by atoms with Gasteiger partial charge in [-0.2, -0.15) is 0 Å². The normalized spacial score (nSPS) is 26.4.